The Hall–Kier alpha value is -4.86. The van der Waals surface area contributed by atoms with Gasteiger partial charge in [-0.3, -0.25) is 9.58 Å². The van der Waals surface area contributed by atoms with Crippen LogP contribution in [0.25, 0.3) is 33.5 Å². The quantitative estimate of drug-likeness (QED) is 0.205. The van der Waals surface area contributed by atoms with E-state index in [0.717, 1.165) is 51.2 Å². The standard InChI is InChI=1S/C34H38N6O4/c1-21-9-8-10-26(22(21)2)31-28(43-7)17-27-32(36-31)30(37-39(27)19-23-11-13-25(42-6)14-12-23)24-18-35-40(20-24)29-15-16-38(29)33(41)44-34(3,4)5/h8-14,17-18,20,29H,15-16,19H2,1-7H3. The van der Waals surface area contributed by atoms with E-state index in [-0.39, 0.29) is 12.3 Å². The first-order valence-electron chi connectivity index (χ1n) is 14.8. The molecule has 0 N–H and O–H groups in total. The van der Waals surface area contributed by atoms with Crippen molar-refractivity contribution < 1.29 is 19.0 Å². The van der Waals surface area contributed by atoms with Crippen molar-refractivity contribution in [2.24, 2.45) is 0 Å². The van der Waals surface area contributed by atoms with Gasteiger partial charge in [-0.1, -0.05) is 30.3 Å². The maximum absolute atomic E-state index is 12.8. The van der Waals surface area contributed by atoms with Gasteiger partial charge in [0, 0.05) is 36.4 Å². The van der Waals surface area contributed by atoms with E-state index >= 15 is 0 Å². The van der Waals surface area contributed by atoms with Crippen LogP contribution in [-0.2, 0) is 11.3 Å². The summed E-state index contributed by atoms with van der Waals surface area (Å²) in [5.74, 6) is 1.47. The molecule has 0 saturated carbocycles. The maximum Gasteiger partial charge on any atom is 0.412 e. The molecule has 1 amide bonds. The van der Waals surface area contributed by atoms with E-state index in [9.17, 15) is 4.79 Å². The van der Waals surface area contributed by atoms with Gasteiger partial charge in [0.05, 0.1) is 32.5 Å². The molecule has 1 aliphatic heterocycles. The molecular formula is C34H38N6O4. The number of nitrogens with zero attached hydrogens (tertiary/aromatic N) is 6. The van der Waals surface area contributed by atoms with Gasteiger partial charge < -0.3 is 14.2 Å². The molecule has 2 aromatic carbocycles. The van der Waals surface area contributed by atoms with Crippen LogP contribution in [0.2, 0.25) is 0 Å². The van der Waals surface area contributed by atoms with Crippen LogP contribution in [0.3, 0.4) is 0 Å². The fourth-order valence-corrected chi connectivity index (χ4v) is 5.46. The molecular weight excluding hydrogens is 556 g/mol. The van der Waals surface area contributed by atoms with Crippen LogP contribution >= 0.6 is 0 Å². The third-order valence-electron chi connectivity index (χ3n) is 8.06. The second kappa shape index (κ2) is 11.3. The zero-order chi connectivity index (χ0) is 31.2. The second-order valence-corrected chi connectivity index (χ2v) is 12.2. The highest BCUT2D eigenvalue weighted by atomic mass is 16.6. The van der Waals surface area contributed by atoms with Gasteiger partial charge in [0.25, 0.3) is 0 Å². The van der Waals surface area contributed by atoms with Crippen molar-refractivity contribution in [1.29, 1.82) is 0 Å². The van der Waals surface area contributed by atoms with Crippen molar-refractivity contribution in [2.45, 2.75) is 59.4 Å². The number of benzene rings is 2. The number of aromatic nitrogens is 5. The zero-order valence-corrected chi connectivity index (χ0v) is 26.3. The van der Waals surface area contributed by atoms with Gasteiger partial charge >= 0.3 is 6.09 Å². The Bertz CT molecular complexity index is 1830. The number of rotatable bonds is 7. The Kier molecular flexibility index (Phi) is 7.53. The Morgan fingerprint density at radius 2 is 1.80 bits per heavy atom. The third kappa shape index (κ3) is 5.47. The smallest absolute Gasteiger partial charge is 0.412 e. The fourth-order valence-electron chi connectivity index (χ4n) is 5.46. The molecule has 5 aromatic rings. The molecule has 6 rings (SSSR count). The predicted octanol–water partition coefficient (Wildman–Crippen LogP) is 6.78. The summed E-state index contributed by atoms with van der Waals surface area (Å²) in [5.41, 5.74) is 7.69. The summed E-state index contributed by atoms with van der Waals surface area (Å²) >= 11 is 0. The molecule has 0 aliphatic carbocycles. The molecule has 10 nitrogen and oxygen atoms in total. The molecule has 1 atom stereocenters. The molecule has 3 aromatic heterocycles. The molecule has 1 aliphatic rings. The molecule has 1 fully saturated rings. The Morgan fingerprint density at radius 1 is 1.02 bits per heavy atom. The minimum Gasteiger partial charge on any atom is -0.497 e. The third-order valence-corrected chi connectivity index (χ3v) is 8.06. The van der Waals surface area contributed by atoms with Crippen LogP contribution in [0.5, 0.6) is 11.5 Å². The lowest BCUT2D eigenvalue weighted by atomic mass is 9.99. The summed E-state index contributed by atoms with van der Waals surface area (Å²) in [6, 6.07) is 16.2. The second-order valence-electron chi connectivity index (χ2n) is 12.2. The molecule has 44 heavy (non-hydrogen) atoms. The normalized spacial score (nSPS) is 14.9. The number of hydrogen-bond acceptors (Lipinski definition) is 7. The summed E-state index contributed by atoms with van der Waals surface area (Å²) in [6.45, 7) is 10.9. The van der Waals surface area contributed by atoms with Crippen LogP contribution < -0.4 is 9.47 Å². The molecule has 10 heteroatoms. The average Bonchev–Trinajstić information content (AvgIpc) is 3.57. The van der Waals surface area contributed by atoms with Gasteiger partial charge in [-0.2, -0.15) is 10.2 Å². The number of fused-ring (bicyclic) bond motifs is 1. The maximum atomic E-state index is 12.8. The van der Waals surface area contributed by atoms with Crippen LogP contribution in [0, 0.1) is 13.8 Å². The average molecular weight is 595 g/mol. The van der Waals surface area contributed by atoms with Gasteiger partial charge in [-0.25, -0.2) is 14.5 Å². The summed E-state index contributed by atoms with van der Waals surface area (Å²) in [6.07, 6.45) is 3.95. The van der Waals surface area contributed by atoms with Gasteiger partial charge in [0.1, 0.15) is 40.2 Å². The first-order valence-corrected chi connectivity index (χ1v) is 14.8. The van der Waals surface area contributed by atoms with Gasteiger partial charge in [0.2, 0.25) is 0 Å². The molecule has 228 valence electrons. The number of hydrogen-bond donors (Lipinski definition) is 0. The van der Waals surface area contributed by atoms with Crippen LogP contribution in [0.4, 0.5) is 4.79 Å². The Balaban J connectivity index is 1.44. The zero-order valence-electron chi connectivity index (χ0n) is 26.3. The van der Waals surface area contributed by atoms with E-state index < -0.39 is 5.60 Å². The number of likely N-dealkylation sites (tertiary alicyclic amines) is 1. The first-order chi connectivity index (χ1) is 21.1. The number of aryl methyl sites for hydroxylation is 1. The predicted molar refractivity (Wildman–Crippen MR) is 169 cm³/mol. The van der Waals surface area contributed by atoms with Crippen molar-refractivity contribution >= 4 is 17.1 Å². The number of methoxy groups -OCH3 is 2. The lowest BCUT2D eigenvalue weighted by molar-refractivity contribution is -0.0256. The van der Waals surface area contributed by atoms with E-state index in [4.69, 9.17) is 24.3 Å². The largest absolute Gasteiger partial charge is 0.497 e. The monoisotopic (exact) mass is 594 g/mol. The van der Waals surface area contributed by atoms with Crippen LogP contribution in [0.1, 0.15) is 50.0 Å². The van der Waals surface area contributed by atoms with E-state index in [0.29, 0.717) is 24.5 Å². The highest BCUT2D eigenvalue weighted by molar-refractivity contribution is 5.93. The SMILES string of the molecule is COc1ccc(Cn2nc(-c3cnn(C4CCN4C(=O)OC(C)(C)C)c3)c3nc(-c4cccc(C)c4C)c(OC)cc32)cc1. The topological polar surface area (TPSA) is 96.5 Å². The molecule has 0 spiro atoms. The molecule has 0 bridgehead atoms. The highest BCUT2D eigenvalue weighted by Gasteiger charge is 2.37. The number of ether oxygens (including phenoxy) is 3. The van der Waals surface area contributed by atoms with Crippen molar-refractivity contribution in [1.82, 2.24) is 29.4 Å². The number of carbonyl (C=O) groups is 1. The number of carbonyl (C=O) groups excluding carboxylic acids is 1. The van der Waals surface area contributed by atoms with Crippen LogP contribution in [-0.4, -0.2) is 61.9 Å². The van der Waals surface area contributed by atoms with E-state index in [1.807, 2.05) is 72.7 Å². The fraction of sp³-hybridized carbons (Fsp3) is 0.353. The molecule has 1 unspecified atom stereocenters. The number of amides is 1. The first kappa shape index (κ1) is 29.2. The van der Waals surface area contributed by atoms with Crippen molar-refractivity contribution in [3.63, 3.8) is 0 Å². The van der Waals surface area contributed by atoms with E-state index in [1.165, 1.54) is 5.56 Å². The van der Waals surface area contributed by atoms with E-state index in [2.05, 4.69) is 31.1 Å². The Morgan fingerprint density at radius 3 is 2.45 bits per heavy atom. The molecule has 0 radical (unpaired) electrons. The van der Waals surface area contributed by atoms with E-state index in [1.54, 1.807) is 25.3 Å². The van der Waals surface area contributed by atoms with Gasteiger partial charge in [-0.05, 0) is 63.4 Å². The number of pyridine rings is 1. The lowest BCUT2D eigenvalue weighted by Gasteiger charge is -2.41. The summed E-state index contributed by atoms with van der Waals surface area (Å²) < 4.78 is 20.6. The van der Waals surface area contributed by atoms with Gasteiger partial charge in [0.15, 0.2) is 0 Å². The van der Waals surface area contributed by atoms with Crippen molar-refractivity contribution in [3.8, 4) is 34.0 Å². The summed E-state index contributed by atoms with van der Waals surface area (Å²) in [5, 5.41) is 9.73. The minimum atomic E-state index is -0.567. The lowest BCUT2D eigenvalue weighted by Crippen LogP contribution is -2.49. The summed E-state index contributed by atoms with van der Waals surface area (Å²) in [4.78, 5) is 19.7. The van der Waals surface area contributed by atoms with Gasteiger partial charge in [-0.15, -0.1) is 0 Å². The minimum absolute atomic E-state index is 0.218. The highest BCUT2D eigenvalue weighted by Crippen LogP contribution is 2.38. The Labute approximate surface area is 257 Å². The van der Waals surface area contributed by atoms with Crippen molar-refractivity contribution in [3.05, 3.63) is 77.6 Å². The van der Waals surface area contributed by atoms with Crippen molar-refractivity contribution in [2.75, 3.05) is 20.8 Å². The summed E-state index contributed by atoms with van der Waals surface area (Å²) in [7, 11) is 3.33. The van der Waals surface area contributed by atoms with Crippen LogP contribution in [0.15, 0.2) is 60.9 Å². The molecule has 4 heterocycles. The molecule has 1 saturated heterocycles.